The van der Waals surface area contributed by atoms with Crippen LogP contribution in [0, 0.1) is 0 Å². The SMILES string of the molecule is CC(C)OC(=O)[C@H](C)N[PH](O)(OC[C@H]1O[C@@H](c2ncc3c(=O)[nH]c(N)nn23)[C@](C)(O)[C@@H]1O)Oc1ccc(Cl)cc1. The number of carbonyl (C=O) groups excluding carboxylic acids is 1. The molecule has 3 heterocycles. The van der Waals surface area contributed by atoms with Gasteiger partial charge >= 0.3 is 234 Å². The number of aliphatic hydroxyl groups is 2. The quantitative estimate of drug-likeness (QED) is 0.139. The zero-order chi connectivity index (χ0) is 29.4. The Kier molecular flexibility index (Phi) is 8.68. The van der Waals surface area contributed by atoms with Crippen LogP contribution < -0.4 is 20.9 Å². The number of nitrogens with zero attached hydrogens (tertiary/aromatic N) is 3. The molecule has 0 amide bonds. The molecule has 1 fully saturated rings. The van der Waals surface area contributed by atoms with E-state index < -0.39 is 62.3 Å². The number of hydrogen-bond donors (Lipinski definition) is 6. The molecular weight excluding hydrogens is 571 g/mol. The Labute approximate surface area is 233 Å². The van der Waals surface area contributed by atoms with E-state index >= 15 is 0 Å². The summed E-state index contributed by atoms with van der Waals surface area (Å²) in [6.45, 7) is 5.65. The van der Waals surface area contributed by atoms with Crippen molar-refractivity contribution < 1.29 is 38.4 Å². The van der Waals surface area contributed by atoms with E-state index in [1.54, 1.807) is 13.8 Å². The van der Waals surface area contributed by atoms with E-state index in [1.165, 1.54) is 44.3 Å². The van der Waals surface area contributed by atoms with E-state index in [2.05, 4.69) is 20.2 Å². The van der Waals surface area contributed by atoms with Gasteiger partial charge in [-0.25, -0.2) is 0 Å². The molecule has 1 aliphatic rings. The number of halogens is 1. The topological polar surface area (TPSA) is 216 Å². The Morgan fingerprint density at radius 1 is 1.35 bits per heavy atom. The predicted octanol–water partition coefficient (Wildman–Crippen LogP) is 0.633. The number of H-pyrrole nitrogens is 1. The van der Waals surface area contributed by atoms with Crippen molar-refractivity contribution in [3.8, 4) is 5.75 Å². The van der Waals surface area contributed by atoms with Crippen molar-refractivity contribution in [1.29, 1.82) is 0 Å². The Bertz CT molecular complexity index is 1420. The van der Waals surface area contributed by atoms with Crippen molar-refractivity contribution in [3.05, 3.63) is 51.7 Å². The number of rotatable bonds is 10. The normalized spacial score (nSPS) is 24.4. The number of nitrogen functional groups attached to an aromatic ring is 1. The molecule has 4 rings (SSSR count). The van der Waals surface area contributed by atoms with Crippen LogP contribution in [0.25, 0.3) is 5.52 Å². The van der Waals surface area contributed by atoms with Crippen LogP contribution in [0.1, 0.15) is 39.6 Å². The number of nitrogens with one attached hydrogen (secondary N) is 2. The third-order valence-corrected chi connectivity index (χ3v) is 8.21. The van der Waals surface area contributed by atoms with Crippen LogP contribution in [0.5, 0.6) is 5.75 Å². The molecule has 7 N–H and O–H groups in total. The molecule has 1 aliphatic heterocycles. The summed E-state index contributed by atoms with van der Waals surface area (Å²) in [5, 5.41) is 29.2. The number of ether oxygens (including phenoxy) is 2. The van der Waals surface area contributed by atoms with Gasteiger partial charge in [-0.15, -0.1) is 0 Å². The Morgan fingerprint density at radius 3 is 2.67 bits per heavy atom. The van der Waals surface area contributed by atoms with Gasteiger partial charge in [0.2, 0.25) is 0 Å². The summed E-state index contributed by atoms with van der Waals surface area (Å²) >= 11 is 5.94. The van der Waals surface area contributed by atoms with Crippen LogP contribution in [-0.4, -0.2) is 77.2 Å². The Hall–Kier alpha value is -2.88. The van der Waals surface area contributed by atoms with Gasteiger partial charge in [-0.05, 0) is 0 Å². The number of aromatic amines is 1. The molecule has 220 valence electrons. The predicted molar refractivity (Wildman–Crippen MR) is 145 cm³/mol. The molecule has 1 saturated heterocycles. The minimum absolute atomic E-state index is 0.00690. The first-order valence-corrected chi connectivity index (χ1v) is 14.4. The first-order chi connectivity index (χ1) is 18.7. The molecule has 1 aromatic carbocycles. The summed E-state index contributed by atoms with van der Waals surface area (Å²) in [5.74, 6) is -0.655. The second kappa shape index (κ2) is 11.5. The summed E-state index contributed by atoms with van der Waals surface area (Å²) in [6.07, 6.45) is -3.19. The number of carbonyl (C=O) groups is 1. The van der Waals surface area contributed by atoms with Gasteiger partial charge in [0.05, 0.1) is 0 Å². The maximum atomic E-state index is 12.4. The monoisotopic (exact) mass is 602 g/mol. The van der Waals surface area contributed by atoms with Gasteiger partial charge in [0, 0.05) is 0 Å². The third kappa shape index (κ3) is 6.37. The van der Waals surface area contributed by atoms with Crippen molar-refractivity contribution in [2.24, 2.45) is 0 Å². The molecule has 0 aliphatic carbocycles. The van der Waals surface area contributed by atoms with Crippen molar-refractivity contribution in [2.75, 3.05) is 12.3 Å². The van der Waals surface area contributed by atoms with E-state index in [9.17, 15) is 24.7 Å². The molecule has 5 atom stereocenters. The number of benzene rings is 1. The van der Waals surface area contributed by atoms with Crippen LogP contribution in [0.3, 0.4) is 0 Å². The average molecular weight is 603 g/mol. The second-order valence-electron chi connectivity index (χ2n) is 9.78. The average Bonchev–Trinajstić information content (AvgIpc) is 3.37. The number of hydrogen-bond acceptors (Lipinski definition) is 13. The molecule has 15 nitrogen and oxygen atoms in total. The maximum absolute atomic E-state index is 12.4. The van der Waals surface area contributed by atoms with Gasteiger partial charge in [-0.2, -0.15) is 0 Å². The van der Waals surface area contributed by atoms with Crippen molar-refractivity contribution in [2.45, 2.75) is 63.8 Å². The van der Waals surface area contributed by atoms with Gasteiger partial charge in [-0.3, -0.25) is 0 Å². The molecule has 0 radical (unpaired) electrons. The summed E-state index contributed by atoms with van der Waals surface area (Å²) in [6, 6.07) is 5.02. The van der Waals surface area contributed by atoms with Crippen LogP contribution in [0.4, 0.5) is 5.95 Å². The number of esters is 1. The third-order valence-electron chi connectivity index (χ3n) is 6.09. The minimum atomic E-state index is -4.44. The van der Waals surface area contributed by atoms with Gasteiger partial charge < -0.3 is 0 Å². The molecule has 2 aromatic heterocycles. The van der Waals surface area contributed by atoms with Gasteiger partial charge in [0.1, 0.15) is 0 Å². The molecule has 0 unspecified atom stereocenters. The summed E-state index contributed by atoms with van der Waals surface area (Å²) in [7, 11) is -4.44. The molecular formula is C23H32ClN6O9P. The molecule has 17 heteroatoms. The molecule has 3 aromatic rings. The van der Waals surface area contributed by atoms with Crippen LogP contribution >= 0.6 is 19.7 Å². The van der Waals surface area contributed by atoms with E-state index in [4.69, 9.17) is 35.9 Å². The summed E-state index contributed by atoms with van der Waals surface area (Å²) in [4.78, 5) is 42.5. The number of fused-ring (bicyclic) bond motifs is 1. The fourth-order valence-electron chi connectivity index (χ4n) is 4.11. The first-order valence-electron chi connectivity index (χ1n) is 12.3. The first kappa shape index (κ1) is 30.1. The number of aliphatic hydroxyl groups excluding tert-OH is 1. The second-order valence-corrected chi connectivity index (χ2v) is 12.2. The summed E-state index contributed by atoms with van der Waals surface area (Å²) < 4.78 is 23.7. The zero-order valence-corrected chi connectivity index (χ0v) is 23.8. The van der Waals surface area contributed by atoms with Crippen LogP contribution in [0.15, 0.2) is 35.3 Å². The van der Waals surface area contributed by atoms with Gasteiger partial charge in [0.25, 0.3) is 0 Å². The van der Waals surface area contributed by atoms with E-state index in [0.29, 0.717) is 5.02 Å². The zero-order valence-electron chi connectivity index (χ0n) is 22.1. The standard InChI is InChI=1S/C23H32ClN6O9P/c1-11(2)37-21(33)12(3)29-40(35,39-14-7-5-13(24)6-8-14)36-10-16-17(31)23(4,34)18(38-16)19-26-9-15-20(32)27-22(25)28-30(15)19/h5-9,11-12,16-18,29,31,34-35,40H,10H2,1-4H3,(H3,25,27,28,32)/t12-,16+,17+,18-,23+/m0/s1. The summed E-state index contributed by atoms with van der Waals surface area (Å²) in [5.41, 5.74) is 3.22. The molecule has 0 bridgehead atoms. The Balaban J connectivity index is 1.56. The fraction of sp³-hybridized carbons (Fsp3) is 0.478. The van der Waals surface area contributed by atoms with E-state index in [-0.39, 0.29) is 23.0 Å². The van der Waals surface area contributed by atoms with E-state index in [0.717, 1.165) is 4.52 Å². The number of aromatic nitrogens is 4. The van der Waals surface area contributed by atoms with Crippen molar-refractivity contribution in [1.82, 2.24) is 24.7 Å². The van der Waals surface area contributed by atoms with Gasteiger partial charge in [-0.1, -0.05) is 0 Å². The fourth-order valence-corrected chi connectivity index (χ4v) is 5.95. The van der Waals surface area contributed by atoms with Crippen LogP contribution in [0.2, 0.25) is 5.02 Å². The van der Waals surface area contributed by atoms with Gasteiger partial charge in [0.15, 0.2) is 0 Å². The number of anilines is 1. The van der Waals surface area contributed by atoms with Crippen molar-refractivity contribution in [3.63, 3.8) is 0 Å². The molecule has 40 heavy (non-hydrogen) atoms. The van der Waals surface area contributed by atoms with Crippen LogP contribution in [-0.2, 0) is 18.8 Å². The number of nitrogens with two attached hydrogens (primary N) is 1. The Morgan fingerprint density at radius 2 is 2.02 bits per heavy atom. The van der Waals surface area contributed by atoms with E-state index in [1.807, 2.05) is 0 Å². The number of imidazole rings is 1. The molecule has 0 spiro atoms. The molecule has 0 saturated carbocycles. The van der Waals surface area contributed by atoms with Crippen molar-refractivity contribution >= 4 is 37.1 Å².